The van der Waals surface area contributed by atoms with Crippen LogP contribution in [0.15, 0.2) is 33.4 Å². The van der Waals surface area contributed by atoms with Crippen LogP contribution in [0.3, 0.4) is 0 Å². The number of hydrogen-bond acceptors (Lipinski definition) is 2. The van der Waals surface area contributed by atoms with Gasteiger partial charge in [0, 0.05) is 8.04 Å². The normalized spacial score (nSPS) is 10.6. The molecule has 0 spiro atoms. The standard InChI is InChI=1S/C10H6BrClINO/c11-9-2-1-6(13)3-8(9)10-14-7(4-12)5-15-10/h1-3,5H,4H2. The van der Waals surface area contributed by atoms with Crippen molar-refractivity contribution in [3.05, 3.63) is 38.2 Å². The molecule has 0 amide bonds. The maximum atomic E-state index is 5.66. The van der Waals surface area contributed by atoms with E-state index in [1.165, 1.54) is 0 Å². The van der Waals surface area contributed by atoms with E-state index in [1.807, 2.05) is 18.2 Å². The summed E-state index contributed by atoms with van der Waals surface area (Å²) in [7, 11) is 0. The Morgan fingerprint density at radius 2 is 2.27 bits per heavy atom. The van der Waals surface area contributed by atoms with Crippen molar-refractivity contribution in [1.29, 1.82) is 0 Å². The Hall–Kier alpha value is -0.0700. The molecule has 0 atom stereocenters. The first-order valence-electron chi connectivity index (χ1n) is 4.16. The molecule has 0 aliphatic carbocycles. The lowest BCUT2D eigenvalue weighted by atomic mass is 10.2. The molecule has 2 rings (SSSR count). The smallest absolute Gasteiger partial charge is 0.227 e. The van der Waals surface area contributed by atoms with Gasteiger partial charge in [-0.2, -0.15) is 0 Å². The van der Waals surface area contributed by atoms with E-state index in [0.717, 1.165) is 19.3 Å². The highest BCUT2D eigenvalue weighted by Gasteiger charge is 2.10. The largest absolute Gasteiger partial charge is 0.444 e. The summed E-state index contributed by atoms with van der Waals surface area (Å²) in [5.74, 6) is 0.960. The molecule has 78 valence electrons. The van der Waals surface area contributed by atoms with E-state index in [4.69, 9.17) is 16.0 Å². The predicted octanol–water partition coefficient (Wildman–Crippen LogP) is 4.45. The third-order valence-corrected chi connectivity index (χ3v) is 3.48. The lowest BCUT2D eigenvalue weighted by molar-refractivity contribution is 0.573. The van der Waals surface area contributed by atoms with Crippen molar-refractivity contribution >= 4 is 50.1 Å². The molecule has 0 aliphatic heterocycles. The Bertz CT molecular complexity index is 486. The molecule has 2 aromatic rings. The first-order valence-corrected chi connectivity index (χ1v) is 6.57. The Kier molecular flexibility index (Phi) is 3.69. The Balaban J connectivity index is 2.48. The molecule has 1 aromatic carbocycles. The second-order valence-corrected chi connectivity index (χ2v) is 5.27. The summed E-state index contributed by atoms with van der Waals surface area (Å²) in [6.07, 6.45) is 1.58. The Morgan fingerprint density at radius 1 is 1.47 bits per heavy atom. The van der Waals surface area contributed by atoms with Crippen molar-refractivity contribution in [2.24, 2.45) is 0 Å². The molecule has 0 fully saturated rings. The van der Waals surface area contributed by atoms with Gasteiger partial charge in [0.1, 0.15) is 6.26 Å². The molecular formula is C10H6BrClINO. The van der Waals surface area contributed by atoms with E-state index in [9.17, 15) is 0 Å². The molecule has 15 heavy (non-hydrogen) atoms. The van der Waals surface area contributed by atoms with Gasteiger partial charge < -0.3 is 4.42 Å². The molecule has 0 radical (unpaired) electrons. The highest BCUT2D eigenvalue weighted by Crippen LogP contribution is 2.29. The molecule has 1 heterocycles. The van der Waals surface area contributed by atoms with E-state index in [-0.39, 0.29) is 0 Å². The monoisotopic (exact) mass is 397 g/mol. The van der Waals surface area contributed by atoms with Gasteiger partial charge in [-0.15, -0.1) is 11.6 Å². The molecule has 0 aliphatic rings. The quantitative estimate of drug-likeness (QED) is 0.552. The fourth-order valence-corrected chi connectivity index (χ4v) is 2.18. The lowest BCUT2D eigenvalue weighted by Crippen LogP contribution is -1.83. The zero-order valence-electron chi connectivity index (χ0n) is 7.51. The van der Waals surface area contributed by atoms with Gasteiger partial charge in [0.25, 0.3) is 0 Å². The van der Waals surface area contributed by atoms with Crippen molar-refractivity contribution in [3.8, 4) is 11.5 Å². The fraction of sp³-hybridized carbons (Fsp3) is 0.100. The third kappa shape index (κ3) is 2.54. The molecule has 0 saturated heterocycles. The van der Waals surface area contributed by atoms with Gasteiger partial charge in [0.05, 0.1) is 17.1 Å². The van der Waals surface area contributed by atoms with Gasteiger partial charge in [-0.1, -0.05) is 0 Å². The van der Waals surface area contributed by atoms with Crippen LogP contribution in [0, 0.1) is 3.57 Å². The minimum atomic E-state index is 0.366. The first kappa shape index (κ1) is 11.4. The van der Waals surface area contributed by atoms with Crippen molar-refractivity contribution in [2.45, 2.75) is 5.88 Å². The van der Waals surface area contributed by atoms with Crippen LogP contribution in [0.1, 0.15) is 5.69 Å². The molecule has 2 nitrogen and oxygen atoms in total. The number of rotatable bonds is 2. The van der Waals surface area contributed by atoms with Crippen molar-refractivity contribution in [1.82, 2.24) is 4.98 Å². The summed E-state index contributed by atoms with van der Waals surface area (Å²) >= 11 is 11.4. The zero-order chi connectivity index (χ0) is 10.8. The van der Waals surface area contributed by atoms with Gasteiger partial charge in [0.15, 0.2) is 0 Å². The SMILES string of the molecule is ClCc1coc(-c2cc(I)ccc2Br)n1. The fourth-order valence-electron chi connectivity index (χ4n) is 1.15. The topological polar surface area (TPSA) is 26.0 Å². The van der Waals surface area contributed by atoms with E-state index >= 15 is 0 Å². The van der Waals surface area contributed by atoms with Crippen molar-refractivity contribution in [2.75, 3.05) is 0 Å². The summed E-state index contributed by atoms with van der Waals surface area (Å²) in [6, 6.07) is 6.00. The molecule has 0 saturated carbocycles. The number of alkyl halides is 1. The lowest BCUT2D eigenvalue weighted by Gasteiger charge is -1.99. The summed E-state index contributed by atoms with van der Waals surface area (Å²) < 4.78 is 7.45. The van der Waals surface area contributed by atoms with Gasteiger partial charge in [-0.05, 0) is 56.7 Å². The summed E-state index contributed by atoms with van der Waals surface area (Å²) in [5, 5.41) is 0. The van der Waals surface area contributed by atoms with Crippen LogP contribution >= 0.6 is 50.1 Å². The summed E-state index contributed by atoms with van der Waals surface area (Å²) in [4.78, 5) is 4.27. The van der Waals surface area contributed by atoms with Crippen LogP contribution < -0.4 is 0 Å². The van der Waals surface area contributed by atoms with Crippen molar-refractivity contribution in [3.63, 3.8) is 0 Å². The maximum Gasteiger partial charge on any atom is 0.227 e. The van der Waals surface area contributed by atoms with Crippen LogP contribution in [-0.4, -0.2) is 4.98 Å². The number of hydrogen-bond donors (Lipinski definition) is 0. The highest BCUT2D eigenvalue weighted by molar-refractivity contribution is 14.1. The highest BCUT2D eigenvalue weighted by atomic mass is 127. The average Bonchev–Trinajstić information content (AvgIpc) is 2.70. The molecule has 5 heteroatoms. The Labute approximate surface area is 114 Å². The summed E-state index contributed by atoms with van der Waals surface area (Å²) in [5.41, 5.74) is 1.69. The maximum absolute atomic E-state index is 5.66. The molecule has 0 N–H and O–H groups in total. The average molecular weight is 398 g/mol. The number of halogens is 3. The van der Waals surface area contributed by atoms with E-state index < -0.39 is 0 Å². The minimum Gasteiger partial charge on any atom is -0.444 e. The van der Waals surface area contributed by atoms with Crippen LogP contribution in [0.25, 0.3) is 11.5 Å². The molecule has 1 aromatic heterocycles. The van der Waals surface area contributed by atoms with E-state index in [2.05, 4.69) is 43.5 Å². The predicted molar refractivity (Wildman–Crippen MR) is 71.9 cm³/mol. The van der Waals surface area contributed by atoms with Gasteiger partial charge in [0.2, 0.25) is 5.89 Å². The number of oxazole rings is 1. The number of nitrogens with zero attached hydrogens (tertiary/aromatic N) is 1. The third-order valence-electron chi connectivity index (χ3n) is 1.85. The summed E-state index contributed by atoms with van der Waals surface area (Å²) in [6.45, 7) is 0. The minimum absolute atomic E-state index is 0.366. The van der Waals surface area contributed by atoms with Crippen molar-refractivity contribution < 1.29 is 4.42 Å². The second kappa shape index (κ2) is 4.84. The number of benzene rings is 1. The molecule has 0 unspecified atom stereocenters. The first-order chi connectivity index (χ1) is 7.20. The van der Waals surface area contributed by atoms with Gasteiger partial charge >= 0.3 is 0 Å². The van der Waals surface area contributed by atoms with Crippen LogP contribution in [0.2, 0.25) is 0 Å². The zero-order valence-corrected chi connectivity index (χ0v) is 12.0. The second-order valence-electron chi connectivity index (χ2n) is 2.90. The van der Waals surface area contributed by atoms with Crippen LogP contribution in [0.5, 0.6) is 0 Å². The van der Waals surface area contributed by atoms with E-state index in [1.54, 1.807) is 6.26 Å². The number of aromatic nitrogens is 1. The van der Waals surface area contributed by atoms with E-state index in [0.29, 0.717) is 11.8 Å². The van der Waals surface area contributed by atoms with Crippen LogP contribution in [-0.2, 0) is 5.88 Å². The van der Waals surface area contributed by atoms with Gasteiger partial charge in [-0.25, -0.2) is 4.98 Å². The van der Waals surface area contributed by atoms with Crippen LogP contribution in [0.4, 0.5) is 0 Å². The molecule has 0 bridgehead atoms. The van der Waals surface area contributed by atoms with Gasteiger partial charge in [-0.3, -0.25) is 0 Å². The Morgan fingerprint density at radius 3 is 2.93 bits per heavy atom. The molecular weight excluding hydrogens is 392 g/mol.